The van der Waals surface area contributed by atoms with Crippen molar-refractivity contribution in [2.24, 2.45) is 5.92 Å². The molecule has 0 radical (unpaired) electrons. The lowest BCUT2D eigenvalue weighted by Gasteiger charge is -2.29. The molecule has 20 heavy (non-hydrogen) atoms. The van der Waals surface area contributed by atoms with Gasteiger partial charge in [0, 0.05) is 6.04 Å². The first kappa shape index (κ1) is 15.6. The molecule has 1 nitrogen and oxygen atoms in total. The highest BCUT2D eigenvalue weighted by Gasteiger charge is 2.22. The van der Waals surface area contributed by atoms with Crippen molar-refractivity contribution in [1.82, 2.24) is 5.32 Å². The molecule has 1 heteroatoms. The maximum absolute atomic E-state index is 3.72. The Morgan fingerprint density at radius 3 is 2.55 bits per heavy atom. The molecule has 1 N–H and O–H groups in total. The summed E-state index contributed by atoms with van der Waals surface area (Å²) in [6, 6.07) is 9.80. The fraction of sp³-hybridized carbons (Fsp3) is 0.684. The normalized spacial score (nSPS) is 17.2. The molecule has 1 aliphatic rings. The zero-order valence-electron chi connectivity index (χ0n) is 13.5. The summed E-state index contributed by atoms with van der Waals surface area (Å²) in [6.07, 6.45) is 7.94. The summed E-state index contributed by atoms with van der Waals surface area (Å²) in [5, 5.41) is 3.72. The highest BCUT2D eigenvalue weighted by molar-refractivity contribution is 5.31. The van der Waals surface area contributed by atoms with Gasteiger partial charge in [-0.25, -0.2) is 0 Å². The molecule has 0 spiro atoms. The molecule has 1 unspecified atom stereocenters. The minimum atomic E-state index is 0.657. The fourth-order valence-electron chi connectivity index (χ4n) is 3.19. The first-order chi connectivity index (χ1) is 9.72. The van der Waals surface area contributed by atoms with Crippen molar-refractivity contribution in [3.05, 3.63) is 35.4 Å². The van der Waals surface area contributed by atoms with E-state index in [1.165, 1.54) is 38.5 Å². The Labute approximate surface area is 125 Å². The van der Waals surface area contributed by atoms with Crippen LogP contribution in [0.4, 0.5) is 0 Å². The second-order valence-electron chi connectivity index (χ2n) is 6.67. The standard InChI is InChI=1S/C19H31N/c1-4-14-20-19(15(2)3)13-12-17-8-5-6-11-18(17)16-9-7-10-16/h5-6,8,11,15-16,19-20H,4,7,9-10,12-14H2,1-3H3. The summed E-state index contributed by atoms with van der Waals surface area (Å²) in [5.41, 5.74) is 3.23. The van der Waals surface area contributed by atoms with Crippen LogP contribution in [0.3, 0.4) is 0 Å². The molecule has 1 aliphatic carbocycles. The van der Waals surface area contributed by atoms with E-state index in [1.54, 1.807) is 11.1 Å². The third-order valence-electron chi connectivity index (χ3n) is 4.79. The van der Waals surface area contributed by atoms with Crippen LogP contribution in [-0.4, -0.2) is 12.6 Å². The zero-order chi connectivity index (χ0) is 14.4. The third kappa shape index (κ3) is 4.09. The summed E-state index contributed by atoms with van der Waals surface area (Å²) in [4.78, 5) is 0. The zero-order valence-corrected chi connectivity index (χ0v) is 13.5. The predicted molar refractivity (Wildman–Crippen MR) is 88.3 cm³/mol. The lowest BCUT2D eigenvalue weighted by molar-refractivity contribution is 0.375. The van der Waals surface area contributed by atoms with Crippen LogP contribution in [-0.2, 0) is 6.42 Å². The van der Waals surface area contributed by atoms with Crippen LogP contribution in [0.1, 0.15) is 69.9 Å². The molecule has 0 aromatic heterocycles. The first-order valence-corrected chi connectivity index (χ1v) is 8.53. The second kappa shape index (κ2) is 7.83. The molecular weight excluding hydrogens is 242 g/mol. The van der Waals surface area contributed by atoms with Crippen LogP contribution < -0.4 is 5.32 Å². The summed E-state index contributed by atoms with van der Waals surface area (Å²) in [5.74, 6) is 1.57. The Balaban J connectivity index is 1.94. The molecule has 1 fully saturated rings. The van der Waals surface area contributed by atoms with Gasteiger partial charge in [0.25, 0.3) is 0 Å². The highest BCUT2D eigenvalue weighted by Crippen LogP contribution is 2.38. The van der Waals surface area contributed by atoms with E-state index < -0.39 is 0 Å². The van der Waals surface area contributed by atoms with E-state index in [0.717, 1.165) is 18.4 Å². The topological polar surface area (TPSA) is 12.0 Å². The van der Waals surface area contributed by atoms with Crippen LogP contribution >= 0.6 is 0 Å². The number of hydrogen-bond acceptors (Lipinski definition) is 1. The number of hydrogen-bond donors (Lipinski definition) is 1. The van der Waals surface area contributed by atoms with Gasteiger partial charge in [-0.1, -0.05) is 51.5 Å². The van der Waals surface area contributed by atoms with E-state index in [2.05, 4.69) is 50.4 Å². The van der Waals surface area contributed by atoms with E-state index in [9.17, 15) is 0 Å². The molecule has 2 rings (SSSR count). The van der Waals surface area contributed by atoms with Crippen molar-refractivity contribution in [1.29, 1.82) is 0 Å². The van der Waals surface area contributed by atoms with Crippen molar-refractivity contribution in [2.45, 2.75) is 71.3 Å². The van der Waals surface area contributed by atoms with E-state index in [1.807, 2.05) is 0 Å². The van der Waals surface area contributed by atoms with Crippen molar-refractivity contribution < 1.29 is 0 Å². The Kier molecular flexibility index (Phi) is 6.09. The molecule has 0 saturated heterocycles. The lowest BCUT2D eigenvalue weighted by atomic mass is 9.77. The van der Waals surface area contributed by atoms with Crippen LogP contribution in [0.25, 0.3) is 0 Å². The van der Waals surface area contributed by atoms with E-state index in [-0.39, 0.29) is 0 Å². The van der Waals surface area contributed by atoms with Gasteiger partial charge in [0.2, 0.25) is 0 Å². The van der Waals surface area contributed by atoms with Crippen molar-refractivity contribution >= 4 is 0 Å². The van der Waals surface area contributed by atoms with Gasteiger partial charge in [-0.05, 0) is 61.6 Å². The van der Waals surface area contributed by atoms with E-state index >= 15 is 0 Å². The molecule has 112 valence electrons. The van der Waals surface area contributed by atoms with Gasteiger partial charge < -0.3 is 5.32 Å². The number of nitrogens with one attached hydrogen (secondary N) is 1. The Morgan fingerprint density at radius 1 is 1.20 bits per heavy atom. The first-order valence-electron chi connectivity index (χ1n) is 8.53. The van der Waals surface area contributed by atoms with E-state index in [0.29, 0.717) is 6.04 Å². The Bertz CT molecular complexity index is 393. The maximum atomic E-state index is 3.72. The molecular formula is C19H31N. The van der Waals surface area contributed by atoms with Gasteiger partial charge in [-0.2, -0.15) is 0 Å². The predicted octanol–water partition coefficient (Wildman–Crippen LogP) is 4.91. The van der Waals surface area contributed by atoms with Crippen LogP contribution in [0.2, 0.25) is 0 Å². The minimum absolute atomic E-state index is 0.657. The molecule has 1 aromatic rings. The fourth-order valence-corrected chi connectivity index (χ4v) is 3.19. The quantitative estimate of drug-likeness (QED) is 0.709. The average molecular weight is 273 g/mol. The number of aryl methyl sites for hydroxylation is 1. The highest BCUT2D eigenvalue weighted by atomic mass is 14.9. The molecule has 0 amide bonds. The Morgan fingerprint density at radius 2 is 1.95 bits per heavy atom. The van der Waals surface area contributed by atoms with Crippen molar-refractivity contribution in [2.75, 3.05) is 6.54 Å². The van der Waals surface area contributed by atoms with Crippen molar-refractivity contribution in [3.63, 3.8) is 0 Å². The molecule has 0 heterocycles. The van der Waals surface area contributed by atoms with E-state index in [4.69, 9.17) is 0 Å². The maximum Gasteiger partial charge on any atom is 0.00932 e. The van der Waals surface area contributed by atoms with Crippen LogP contribution in [0.15, 0.2) is 24.3 Å². The Hall–Kier alpha value is -0.820. The van der Waals surface area contributed by atoms with Gasteiger partial charge in [0.05, 0.1) is 0 Å². The SMILES string of the molecule is CCCNC(CCc1ccccc1C1CCC1)C(C)C. The summed E-state index contributed by atoms with van der Waals surface area (Å²) >= 11 is 0. The summed E-state index contributed by atoms with van der Waals surface area (Å²) < 4.78 is 0. The van der Waals surface area contributed by atoms with Gasteiger partial charge >= 0.3 is 0 Å². The molecule has 1 aromatic carbocycles. The largest absolute Gasteiger partial charge is 0.314 e. The summed E-state index contributed by atoms with van der Waals surface area (Å²) in [7, 11) is 0. The number of rotatable bonds is 8. The monoisotopic (exact) mass is 273 g/mol. The smallest absolute Gasteiger partial charge is 0.00932 e. The molecule has 1 atom stereocenters. The van der Waals surface area contributed by atoms with Gasteiger partial charge in [-0.3, -0.25) is 0 Å². The lowest BCUT2D eigenvalue weighted by Crippen LogP contribution is -2.34. The number of benzene rings is 1. The summed E-state index contributed by atoms with van der Waals surface area (Å²) in [6.45, 7) is 8.07. The second-order valence-corrected chi connectivity index (χ2v) is 6.67. The van der Waals surface area contributed by atoms with Crippen LogP contribution in [0, 0.1) is 5.92 Å². The van der Waals surface area contributed by atoms with Gasteiger partial charge in [0.15, 0.2) is 0 Å². The van der Waals surface area contributed by atoms with Crippen molar-refractivity contribution in [3.8, 4) is 0 Å². The molecule has 0 bridgehead atoms. The minimum Gasteiger partial charge on any atom is -0.314 e. The molecule has 0 aliphatic heterocycles. The molecule has 1 saturated carbocycles. The third-order valence-corrected chi connectivity index (χ3v) is 4.79. The van der Waals surface area contributed by atoms with Gasteiger partial charge in [0.1, 0.15) is 0 Å². The van der Waals surface area contributed by atoms with Crippen LogP contribution in [0.5, 0.6) is 0 Å². The van der Waals surface area contributed by atoms with Gasteiger partial charge in [-0.15, -0.1) is 0 Å². The average Bonchev–Trinajstić information content (AvgIpc) is 2.38.